The van der Waals surface area contributed by atoms with Crippen LogP contribution in [0.15, 0.2) is 30.3 Å². The number of fused-ring (bicyclic) bond motifs is 1. The molecular formula is C24H27F6N3OS. The Balaban J connectivity index is 0.000000803. The highest BCUT2D eigenvalue weighted by molar-refractivity contribution is 7.22. The Kier molecular flexibility index (Phi) is 9.93. The Morgan fingerprint density at radius 2 is 1.83 bits per heavy atom. The van der Waals surface area contributed by atoms with Crippen molar-refractivity contribution in [1.82, 2.24) is 9.88 Å². The van der Waals surface area contributed by atoms with E-state index in [1.54, 1.807) is 13.0 Å². The molecule has 1 N–H and O–H groups in total. The number of likely N-dealkylation sites (tertiary alicyclic amines) is 1. The monoisotopic (exact) mass is 519 g/mol. The molecule has 1 amide bonds. The van der Waals surface area contributed by atoms with Gasteiger partial charge in [0.25, 0.3) is 5.91 Å². The van der Waals surface area contributed by atoms with E-state index in [9.17, 15) is 31.1 Å². The van der Waals surface area contributed by atoms with Crippen LogP contribution in [-0.2, 0) is 6.18 Å². The van der Waals surface area contributed by atoms with E-state index < -0.39 is 29.3 Å². The number of benzene rings is 2. The number of hydrogen-bond acceptors (Lipinski definition) is 4. The van der Waals surface area contributed by atoms with Crippen LogP contribution < -0.4 is 5.32 Å². The Morgan fingerprint density at radius 1 is 1.17 bits per heavy atom. The quantitative estimate of drug-likeness (QED) is 0.372. The Labute approximate surface area is 204 Å². The van der Waals surface area contributed by atoms with E-state index >= 15 is 0 Å². The maximum Gasteiger partial charge on any atom is 0.419 e. The van der Waals surface area contributed by atoms with Crippen molar-refractivity contribution in [2.75, 3.05) is 25.1 Å². The molecule has 192 valence electrons. The van der Waals surface area contributed by atoms with Gasteiger partial charge in [0, 0.05) is 25.2 Å². The van der Waals surface area contributed by atoms with Crippen molar-refractivity contribution in [1.29, 1.82) is 0 Å². The highest BCUT2D eigenvalue weighted by atomic mass is 32.1. The molecule has 1 saturated heterocycles. The number of carbonyl (C=O) groups excluding carboxylic acids is 1. The van der Waals surface area contributed by atoms with Crippen molar-refractivity contribution in [3.05, 3.63) is 58.7 Å². The maximum atomic E-state index is 14.0. The van der Waals surface area contributed by atoms with Gasteiger partial charge in [-0.2, -0.15) is 13.2 Å². The molecule has 4 rings (SSSR count). The smallest absolute Gasteiger partial charge is 0.357 e. The molecule has 1 aliphatic heterocycles. The third kappa shape index (κ3) is 7.09. The number of carbonyl (C=O) groups is 1. The number of aryl methyl sites for hydroxylation is 1. The molecular weight excluding hydrogens is 492 g/mol. The lowest BCUT2D eigenvalue weighted by Gasteiger charge is -2.17. The lowest BCUT2D eigenvalue weighted by molar-refractivity contribution is -0.139. The molecule has 11 heteroatoms. The summed E-state index contributed by atoms with van der Waals surface area (Å²) in [7, 11) is 0. The first-order valence-electron chi connectivity index (χ1n) is 11.1. The Morgan fingerprint density at radius 3 is 2.46 bits per heavy atom. The van der Waals surface area contributed by atoms with E-state index in [2.05, 4.69) is 10.3 Å². The van der Waals surface area contributed by atoms with E-state index in [4.69, 9.17) is 0 Å². The predicted molar refractivity (Wildman–Crippen MR) is 127 cm³/mol. The lowest BCUT2D eigenvalue weighted by Crippen LogP contribution is -2.32. The van der Waals surface area contributed by atoms with Gasteiger partial charge in [-0.25, -0.2) is 13.8 Å². The van der Waals surface area contributed by atoms with Crippen LogP contribution in [0.5, 0.6) is 0 Å². The predicted octanol–water partition coefficient (Wildman–Crippen LogP) is 7.23. The number of nitrogens with one attached hydrogen (secondary N) is 1. The molecule has 1 aromatic heterocycles. The lowest BCUT2D eigenvalue weighted by atomic mass is 10.1. The molecule has 3 aromatic rings. The van der Waals surface area contributed by atoms with Crippen LogP contribution in [0.2, 0.25) is 0 Å². The first-order valence-corrected chi connectivity index (χ1v) is 11.9. The van der Waals surface area contributed by atoms with Crippen LogP contribution in [0, 0.1) is 18.6 Å². The summed E-state index contributed by atoms with van der Waals surface area (Å²) in [6, 6.07) is 5.65. The molecule has 0 unspecified atom stereocenters. The SMILES string of the molecule is CC.CCF.Cc1ccc(F)c(C(=O)N2CC[C@@H](Nc3nc4cc(F)c(C(F)(F)F)cc4s3)C2)c1. The second-order valence-electron chi connectivity index (χ2n) is 7.45. The summed E-state index contributed by atoms with van der Waals surface area (Å²) in [5, 5.41) is 3.42. The number of nitrogens with zero attached hydrogens (tertiary/aromatic N) is 2. The van der Waals surface area contributed by atoms with Crippen LogP contribution in [0.1, 0.15) is 48.7 Å². The number of anilines is 1. The second-order valence-corrected chi connectivity index (χ2v) is 8.48. The zero-order valence-corrected chi connectivity index (χ0v) is 20.6. The van der Waals surface area contributed by atoms with Crippen molar-refractivity contribution in [3.63, 3.8) is 0 Å². The summed E-state index contributed by atoms with van der Waals surface area (Å²) in [4.78, 5) is 18.3. The molecule has 1 fully saturated rings. The molecule has 0 aliphatic carbocycles. The zero-order chi connectivity index (χ0) is 26.3. The molecule has 35 heavy (non-hydrogen) atoms. The molecule has 0 radical (unpaired) electrons. The molecule has 1 atom stereocenters. The van der Waals surface area contributed by atoms with Crippen LogP contribution in [0.4, 0.5) is 31.5 Å². The number of thiazole rings is 1. The van der Waals surface area contributed by atoms with Crippen molar-refractivity contribution in [2.24, 2.45) is 0 Å². The number of halogens is 6. The van der Waals surface area contributed by atoms with E-state index in [-0.39, 0.29) is 28.5 Å². The average molecular weight is 520 g/mol. The minimum atomic E-state index is -4.78. The summed E-state index contributed by atoms with van der Waals surface area (Å²) >= 11 is 0.981. The summed E-state index contributed by atoms with van der Waals surface area (Å²) in [6.45, 7) is 7.68. The van der Waals surface area contributed by atoms with Crippen LogP contribution >= 0.6 is 11.3 Å². The number of rotatable bonds is 3. The van der Waals surface area contributed by atoms with Gasteiger partial charge in [0.05, 0.1) is 28.0 Å². The Hall–Kier alpha value is -2.82. The molecule has 2 aromatic carbocycles. The van der Waals surface area contributed by atoms with Crippen molar-refractivity contribution in [3.8, 4) is 0 Å². The molecule has 0 spiro atoms. The zero-order valence-electron chi connectivity index (χ0n) is 19.8. The number of amides is 1. The number of aromatic nitrogens is 1. The van der Waals surface area contributed by atoms with Crippen molar-refractivity contribution < 1.29 is 31.1 Å². The minimum Gasteiger partial charge on any atom is -0.357 e. The average Bonchev–Trinajstić information content (AvgIpc) is 3.42. The third-order valence-electron chi connectivity index (χ3n) is 4.94. The second kappa shape index (κ2) is 12.2. The van der Waals surface area contributed by atoms with Gasteiger partial charge in [0.15, 0.2) is 5.13 Å². The van der Waals surface area contributed by atoms with E-state index in [1.807, 2.05) is 13.8 Å². The van der Waals surface area contributed by atoms with E-state index in [0.717, 1.165) is 29.0 Å². The summed E-state index contributed by atoms with van der Waals surface area (Å²) in [6.07, 6.45) is -4.22. The number of hydrogen-bond donors (Lipinski definition) is 1. The van der Waals surface area contributed by atoms with Crippen LogP contribution in [-0.4, -0.2) is 41.6 Å². The van der Waals surface area contributed by atoms with Gasteiger partial charge in [-0.15, -0.1) is 0 Å². The third-order valence-corrected chi connectivity index (χ3v) is 5.89. The first kappa shape index (κ1) is 28.4. The van der Waals surface area contributed by atoms with E-state index in [0.29, 0.717) is 24.6 Å². The normalized spacial score (nSPS) is 15.3. The Bertz CT molecular complexity index is 1150. The molecule has 1 aliphatic rings. The van der Waals surface area contributed by atoms with E-state index in [1.165, 1.54) is 24.0 Å². The summed E-state index contributed by atoms with van der Waals surface area (Å²) in [5.74, 6) is -2.37. The molecule has 0 bridgehead atoms. The molecule has 2 heterocycles. The fraction of sp³-hybridized carbons (Fsp3) is 0.417. The highest BCUT2D eigenvalue weighted by Gasteiger charge is 2.35. The minimum absolute atomic E-state index is 0.00536. The maximum absolute atomic E-state index is 14.0. The summed E-state index contributed by atoms with van der Waals surface area (Å²) in [5.41, 5.74) is -0.428. The summed E-state index contributed by atoms with van der Waals surface area (Å²) < 4.78 is 76.9. The fourth-order valence-corrected chi connectivity index (χ4v) is 4.40. The van der Waals surface area contributed by atoms with Crippen LogP contribution in [0.25, 0.3) is 10.2 Å². The number of alkyl halides is 4. The van der Waals surface area contributed by atoms with Crippen molar-refractivity contribution >= 4 is 32.6 Å². The fourth-order valence-electron chi connectivity index (χ4n) is 3.44. The van der Waals surface area contributed by atoms with Crippen LogP contribution in [0.3, 0.4) is 0 Å². The van der Waals surface area contributed by atoms with Gasteiger partial charge < -0.3 is 10.2 Å². The van der Waals surface area contributed by atoms with Gasteiger partial charge in [0.1, 0.15) is 11.6 Å². The van der Waals surface area contributed by atoms with Gasteiger partial charge in [-0.3, -0.25) is 9.18 Å². The largest absolute Gasteiger partial charge is 0.419 e. The highest BCUT2D eigenvalue weighted by Crippen LogP contribution is 2.36. The van der Waals surface area contributed by atoms with Gasteiger partial charge in [-0.05, 0) is 38.5 Å². The van der Waals surface area contributed by atoms with Gasteiger partial charge in [0.2, 0.25) is 0 Å². The topological polar surface area (TPSA) is 45.2 Å². The molecule has 0 saturated carbocycles. The standard InChI is InChI=1S/C20H16F5N3OS.C2H5F.C2H6/c1-10-2-3-14(21)12(6-10)18(29)28-5-4-11(9-28)26-19-27-16-8-15(22)13(20(23,24)25)7-17(16)30-19;1-2-3;1-2/h2-3,6-8,11H,4-5,9H2,1H3,(H,26,27);2H2,1H3;1-2H3/t11-;;/m1../s1. The van der Waals surface area contributed by atoms with Gasteiger partial charge >= 0.3 is 6.18 Å². The van der Waals surface area contributed by atoms with Crippen molar-refractivity contribution in [2.45, 2.75) is 46.3 Å². The molecule has 4 nitrogen and oxygen atoms in total. The first-order chi connectivity index (χ1) is 16.5. The van der Waals surface area contributed by atoms with Gasteiger partial charge in [-0.1, -0.05) is 36.8 Å².